The van der Waals surface area contributed by atoms with Crippen molar-refractivity contribution in [3.05, 3.63) is 47.2 Å². The fourth-order valence-electron chi connectivity index (χ4n) is 2.40. The second-order valence-electron chi connectivity index (χ2n) is 6.20. The van der Waals surface area contributed by atoms with Crippen molar-refractivity contribution in [1.82, 2.24) is 0 Å². The minimum absolute atomic E-state index is 0.109. The first-order valence-corrected chi connectivity index (χ1v) is 9.11. The van der Waals surface area contributed by atoms with Crippen molar-refractivity contribution in [3.8, 4) is 11.3 Å². The molecule has 0 aliphatic carbocycles. The lowest BCUT2D eigenvalue weighted by Gasteiger charge is -2.08. The van der Waals surface area contributed by atoms with Crippen LogP contribution >= 0.6 is 0 Å². The van der Waals surface area contributed by atoms with Crippen molar-refractivity contribution in [2.75, 3.05) is 13.2 Å². The van der Waals surface area contributed by atoms with Gasteiger partial charge in [-0.1, -0.05) is 56.5 Å². The highest BCUT2D eigenvalue weighted by atomic mass is 16.5. The van der Waals surface area contributed by atoms with Gasteiger partial charge in [0.1, 0.15) is 23.2 Å². The second kappa shape index (κ2) is 9.80. The fraction of sp³-hybridized carbons (Fsp3) is 0.429. The van der Waals surface area contributed by atoms with Crippen LogP contribution in [0.1, 0.15) is 65.8 Å². The maximum absolute atomic E-state index is 12.6. The third-order valence-corrected chi connectivity index (χ3v) is 3.99. The molecule has 1 heterocycles. The summed E-state index contributed by atoms with van der Waals surface area (Å²) in [6.07, 6.45) is 4.64. The molecule has 0 radical (unpaired) electrons. The van der Waals surface area contributed by atoms with Crippen LogP contribution in [0.5, 0.6) is 0 Å². The zero-order valence-electron chi connectivity index (χ0n) is 15.7. The lowest BCUT2D eigenvalue weighted by atomic mass is 10.0. The average Bonchev–Trinajstić information content (AvgIpc) is 3.08. The molecule has 26 heavy (non-hydrogen) atoms. The summed E-state index contributed by atoms with van der Waals surface area (Å²) in [6.45, 7) is 6.61. The Balaban J connectivity index is 2.33. The minimum Gasteiger partial charge on any atom is -0.462 e. The Morgan fingerprint density at radius 3 is 2.08 bits per heavy atom. The Morgan fingerprint density at radius 2 is 1.50 bits per heavy atom. The molecule has 0 fully saturated rings. The van der Waals surface area contributed by atoms with E-state index in [2.05, 4.69) is 0 Å². The van der Waals surface area contributed by atoms with Crippen LogP contribution in [0.2, 0.25) is 0 Å². The van der Waals surface area contributed by atoms with Gasteiger partial charge in [0.2, 0.25) is 0 Å². The maximum atomic E-state index is 12.6. The van der Waals surface area contributed by atoms with Crippen molar-refractivity contribution in [2.24, 2.45) is 0 Å². The second-order valence-corrected chi connectivity index (χ2v) is 6.20. The van der Waals surface area contributed by atoms with Crippen molar-refractivity contribution >= 4 is 11.9 Å². The van der Waals surface area contributed by atoms with Gasteiger partial charge in [-0.15, -0.1) is 0 Å². The van der Waals surface area contributed by atoms with E-state index in [0.29, 0.717) is 24.5 Å². The number of hydrogen-bond donors (Lipinski definition) is 0. The molecule has 0 unspecified atom stereocenters. The third-order valence-electron chi connectivity index (χ3n) is 3.99. The molecule has 0 bridgehead atoms. The van der Waals surface area contributed by atoms with Crippen LogP contribution in [0.4, 0.5) is 0 Å². The molecule has 0 amide bonds. The molecule has 0 atom stereocenters. The largest absolute Gasteiger partial charge is 0.462 e. The predicted octanol–water partition coefficient (Wildman–Crippen LogP) is 5.17. The molecule has 0 spiro atoms. The molecule has 1 aromatic heterocycles. The van der Waals surface area contributed by atoms with Gasteiger partial charge in [-0.3, -0.25) is 0 Å². The van der Waals surface area contributed by atoms with Gasteiger partial charge < -0.3 is 13.9 Å². The third kappa shape index (κ3) is 4.97. The Hall–Kier alpha value is -2.56. The first kappa shape index (κ1) is 19.8. The normalized spacial score (nSPS) is 10.6. The molecule has 0 saturated carbocycles. The summed E-state index contributed by atoms with van der Waals surface area (Å²) in [4.78, 5) is 25.0. The average molecular weight is 358 g/mol. The van der Waals surface area contributed by atoms with Crippen molar-refractivity contribution in [2.45, 2.75) is 46.5 Å². The van der Waals surface area contributed by atoms with E-state index in [0.717, 1.165) is 31.2 Å². The number of unbranched alkanes of at least 4 members (excludes halogenated alkanes) is 2. The highest BCUT2D eigenvalue weighted by molar-refractivity contribution is 6.07. The van der Waals surface area contributed by atoms with E-state index in [-0.39, 0.29) is 11.1 Å². The summed E-state index contributed by atoms with van der Waals surface area (Å²) in [5.41, 5.74) is 2.04. The summed E-state index contributed by atoms with van der Waals surface area (Å²) in [5.74, 6) is -0.804. The van der Waals surface area contributed by atoms with Crippen molar-refractivity contribution < 1.29 is 23.5 Å². The molecule has 2 aromatic rings. The van der Waals surface area contributed by atoms with Crippen molar-refractivity contribution in [1.29, 1.82) is 0 Å². The highest BCUT2D eigenvalue weighted by Gasteiger charge is 2.28. The molecule has 140 valence electrons. The first-order chi connectivity index (χ1) is 12.6. The molecule has 0 N–H and O–H groups in total. The Labute approximate surface area is 154 Å². The number of aryl methyl sites for hydroxylation is 1. The van der Waals surface area contributed by atoms with E-state index in [1.807, 2.05) is 45.0 Å². The highest BCUT2D eigenvalue weighted by Crippen LogP contribution is 2.30. The van der Waals surface area contributed by atoms with Gasteiger partial charge in [0.15, 0.2) is 0 Å². The summed E-state index contributed by atoms with van der Waals surface area (Å²) in [7, 11) is 0. The molecular weight excluding hydrogens is 332 g/mol. The van der Waals surface area contributed by atoms with Crippen LogP contribution in [0.25, 0.3) is 11.3 Å². The molecule has 1 aromatic carbocycles. The van der Waals surface area contributed by atoms with Crippen LogP contribution in [0.3, 0.4) is 0 Å². The van der Waals surface area contributed by atoms with E-state index in [4.69, 9.17) is 13.9 Å². The van der Waals surface area contributed by atoms with E-state index in [1.165, 1.54) is 6.26 Å². The maximum Gasteiger partial charge on any atom is 0.342 e. The van der Waals surface area contributed by atoms with Crippen LogP contribution in [-0.4, -0.2) is 25.2 Å². The summed E-state index contributed by atoms with van der Waals surface area (Å²) < 4.78 is 16.1. The van der Waals surface area contributed by atoms with Crippen molar-refractivity contribution in [3.63, 3.8) is 0 Å². The molecule has 0 aliphatic heterocycles. The number of esters is 2. The van der Waals surface area contributed by atoms with Crippen LogP contribution in [0, 0.1) is 6.92 Å². The Morgan fingerprint density at radius 1 is 0.923 bits per heavy atom. The number of carbonyl (C=O) groups excluding carboxylic acids is 2. The van der Waals surface area contributed by atoms with Gasteiger partial charge in [-0.2, -0.15) is 0 Å². The molecular formula is C21H26O5. The lowest BCUT2D eigenvalue weighted by Crippen LogP contribution is -2.14. The van der Waals surface area contributed by atoms with E-state index in [1.54, 1.807) is 0 Å². The number of furan rings is 1. The molecule has 0 aliphatic rings. The number of benzene rings is 1. The summed E-state index contributed by atoms with van der Waals surface area (Å²) in [6, 6.07) is 7.54. The van der Waals surface area contributed by atoms with Crippen LogP contribution in [-0.2, 0) is 9.47 Å². The summed E-state index contributed by atoms with van der Waals surface area (Å²) in [5, 5.41) is 0. The number of carbonyl (C=O) groups is 2. The Bertz CT molecular complexity index is 727. The molecule has 5 nitrogen and oxygen atoms in total. The Kier molecular flexibility index (Phi) is 7.45. The smallest absolute Gasteiger partial charge is 0.342 e. The van der Waals surface area contributed by atoms with E-state index >= 15 is 0 Å². The van der Waals surface area contributed by atoms with Gasteiger partial charge in [-0.05, 0) is 19.8 Å². The van der Waals surface area contributed by atoms with Gasteiger partial charge in [0.25, 0.3) is 0 Å². The van der Waals surface area contributed by atoms with Gasteiger partial charge in [0, 0.05) is 5.56 Å². The summed E-state index contributed by atoms with van der Waals surface area (Å²) >= 11 is 0. The van der Waals surface area contributed by atoms with E-state index in [9.17, 15) is 9.59 Å². The quantitative estimate of drug-likeness (QED) is 0.457. The fourth-order valence-corrected chi connectivity index (χ4v) is 2.40. The zero-order chi connectivity index (χ0) is 18.9. The standard InChI is InChI=1S/C21H26O5/c1-4-6-12-24-20(22)17-14-26-19(16-10-8-15(3)9-11-16)18(17)21(23)25-13-7-5-2/h8-11,14H,4-7,12-13H2,1-3H3. The van der Waals surface area contributed by atoms with Gasteiger partial charge >= 0.3 is 11.9 Å². The van der Waals surface area contributed by atoms with E-state index < -0.39 is 11.9 Å². The zero-order valence-corrected chi connectivity index (χ0v) is 15.7. The number of rotatable bonds is 9. The number of ether oxygens (including phenoxy) is 2. The van der Waals surface area contributed by atoms with Crippen LogP contribution < -0.4 is 0 Å². The number of hydrogen-bond acceptors (Lipinski definition) is 5. The predicted molar refractivity (Wildman–Crippen MR) is 99.3 cm³/mol. The van der Waals surface area contributed by atoms with Gasteiger partial charge in [0.05, 0.1) is 13.2 Å². The minimum atomic E-state index is -0.567. The topological polar surface area (TPSA) is 65.7 Å². The van der Waals surface area contributed by atoms with Crippen LogP contribution in [0.15, 0.2) is 34.9 Å². The monoisotopic (exact) mass is 358 g/mol. The lowest BCUT2D eigenvalue weighted by molar-refractivity contribution is 0.0454. The molecule has 2 rings (SSSR count). The molecule has 5 heteroatoms. The molecule has 0 saturated heterocycles. The SMILES string of the molecule is CCCCOC(=O)c1coc(-c2ccc(C)cc2)c1C(=O)OCCCC. The first-order valence-electron chi connectivity index (χ1n) is 9.11. The van der Waals surface area contributed by atoms with Gasteiger partial charge in [-0.25, -0.2) is 9.59 Å².